The van der Waals surface area contributed by atoms with Gasteiger partial charge >= 0.3 is 0 Å². The average molecular weight is 374 g/mol. The van der Waals surface area contributed by atoms with Gasteiger partial charge in [0.2, 0.25) is 0 Å². The molecule has 0 saturated heterocycles. The van der Waals surface area contributed by atoms with Crippen LogP contribution in [0.5, 0.6) is 5.75 Å². The lowest BCUT2D eigenvalue weighted by atomic mass is 10.0. The van der Waals surface area contributed by atoms with Crippen molar-refractivity contribution in [3.8, 4) is 5.75 Å². The van der Waals surface area contributed by atoms with E-state index >= 15 is 0 Å². The number of aromatic amines is 1. The van der Waals surface area contributed by atoms with Crippen molar-refractivity contribution in [3.05, 3.63) is 71.4 Å². The Kier molecular flexibility index (Phi) is 4.95. The Labute approximate surface area is 163 Å². The molecule has 3 aromatic rings. The molecule has 4 rings (SSSR count). The van der Waals surface area contributed by atoms with Crippen molar-refractivity contribution in [1.29, 1.82) is 0 Å². The SMILES string of the molecule is C[C@H]1Oc2ccccc2C=C1/C=N\NC(=O)[C@@H](N)Cc1c[nH]c2ccccc12. The Morgan fingerprint density at radius 2 is 2.07 bits per heavy atom. The summed E-state index contributed by atoms with van der Waals surface area (Å²) >= 11 is 0. The second-order valence-electron chi connectivity index (χ2n) is 6.85. The van der Waals surface area contributed by atoms with Crippen molar-refractivity contribution in [1.82, 2.24) is 10.4 Å². The fourth-order valence-corrected chi connectivity index (χ4v) is 3.29. The molecule has 2 heterocycles. The van der Waals surface area contributed by atoms with Gasteiger partial charge in [0.05, 0.1) is 12.3 Å². The van der Waals surface area contributed by atoms with Crippen molar-refractivity contribution in [2.24, 2.45) is 10.8 Å². The molecule has 6 heteroatoms. The molecule has 0 radical (unpaired) electrons. The molecule has 4 N–H and O–H groups in total. The van der Waals surface area contributed by atoms with E-state index in [9.17, 15) is 4.79 Å². The van der Waals surface area contributed by atoms with E-state index in [1.54, 1.807) is 6.21 Å². The maximum Gasteiger partial charge on any atom is 0.257 e. The van der Waals surface area contributed by atoms with E-state index in [1.807, 2.05) is 67.7 Å². The van der Waals surface area contributed by atoms with E-state index in [4.69, 9.17) is 10.5 Å². The number of nitrogens with one attached hydrogen (secondary N) is 2. The number of nitrogens with two attached hydrogens (primary N) is 1. The van der Waals surface area contributed by atoms with Crippen molar-refractivity contribution < 1.29 is 9.53 Å². The summed E-state index contributed by atoms with van der Waals surface area (Å²) in [6.45, 7) is 1.94. The number of ether oxygens (including phenoxy) is 1. The predicted octanol–water partition coefficient (Wildman–Crippen LogP) is 3.00. The van der Waals surface area contributed by atoms with Gasteiger partial charge in [0, 0.05) is 28.2 Å². The fraction of sp³-hybridized carbons (Fsp3) is 0.182. The van der Waals surface area contributed by atoms with Crippen LogP contribution >= 0.6 is 0 Å². The first kappa shape index (κ1) is 18.0. The summed E-state index contributed by atoms with van der Waals surface area (Å²) in [5, 5.41) is 5.15. The van der Waals surface area contributed by atoms with Crippen LogP contribution in [0.3, 0.4) is 0 Å². The number of hydrogen-bond donors (Lipinski definition) is 3. The standard InChI is InChI=1S/C22H22N4O2/c1-14-16(10-15-6-2-5-9-21(15)28-14)13-25-26-22(27)19(23)11-17-12-24-20-8-4-3-7-18(17)20/h2-10,12-14,19,24H,11,23H2,1H3,(H,26,27)/b25-13-/t14-,19+/m1/s1. The van der Waals surface area contributed by atoms with E-state index in [-0.39, 0.29) is 12.0 Å². The third-order valence-corrected chi connectivity index (χ3v) is 4.85. The number of nitrogens with zero attached hydrogens (tertiary/aromatic N) is 1. The smallest absolute Gasteiger partial charge is 0.257 e. The highest BCUT2D eigenvalue weighted by atomic mass is 16.5. The maximum absolute atomic E-state index is 12.3. The zero-order chi connectivity index (χ0) is 19.5. The van der Waals surface area contributed by atoms with Gasteiger partial charge in [0.1, 0.15) is 11.9 Å². The van der Waals surface area contributed by atoms with E-state index in [2.05, 4.69) is 15.5 Å². The predicted molar refractivity (Wildman–Crippen MR) is 111 cm³/mol. The van der Waals surface area contributed by atoms with Crippen LogP contribution in [0.2, 0.25) is 0 Å². The topological polar surface area (TPSA) is 92.5 Å². The highest BCUT2D eigenvalue weighted by Crippen LogP contribution is 2.28. The van der Waals surface area contributed by atoms with Crippen molar-refractivity contribution in [2.45, 2.75) is 25.5 Å². The summed E-state index contributed by atoms with van der Waals surface area (Å²) in [4.78, 5) is 15.5. The molecule has 0 fully saturated rings. The number of hydrazone groups is 1. The average Bonchev–Trinajstić information content (AvgIpc) is 3.11. The molecule has 6 nitrogen and oxygen atoms in total. The normalized spacial score (nSPS) is 17.1. The monoisotopic (exact) mass is 374 g/mol. The Bertz CT molecular complexity index is 1070. The Balaban J connectivity index is 1.39. The van der Waals surface area contributed by atoms with Crippen molar-refractivity contribution >= 4 is 29.1 Å². The summed E-state index contributed by atoms with van der Waals surface area (Å²) in [5.41, 5.74) is 12.5. The minimum Gasteiger partial charge on any atom is -0.485 e. The van der Waals surface area contributed by atoms with Crippen LogP contribution in [0.1, 0.15) is 18.1 Å². The third-order valence-electron chi connectivity index (χ3n) is 4.85. The fourth-order valence-electron chi connectivity index (χ4n) is 3.29. The van der Waals surface area contributed by atoms with Crippen LogP contribution in [0.4, 0.5) is 0 Å². The third kappa shape index (κ3) is 3.68. The maximum atomic E-state index is 12.3. The number of H-pyrrole nitrogens is 1. The molecule has 142 valence electrons. The Morgan fingerprint density at radius 3 is 2.96 bits per heavy atom. The van der Waals surface area contributed by atoms with E-state index in [0.29, 0.717) is 6.42 Å². The first-order chi connectivity index (χ1) is 13.6. The summed E-state index contributed by atoms with van der Waals surface area (Å²) < 4.78 is 5.86. The number of carbonyl (C=O) groups is 1. The van der Waals surface area contributed by atoms with Crippen LogP contribution in [0, 0.1) is 0 Å². The summed E-state index contributed by atoms with van der Waals surface area (Å²) in [7, 11) is 0. The number of para-hydroxylation sites is 2. The molecule has 0 spiro atoms. The molecule has 1 amide bonds. The molecule has 1 aliphatic rings. The van der Waals surface area contributed by atoms with E-state index < -0.39 is 6.04 Å². The largest absolute Gasteiger partial charge is 0.485 e. The number of benzene rings is 2. The van der Waals surface area contributed by atoms with Crippen molar-refractivity contribution in [3.63, 3.8) is 0 Å². The number of fused-ring (bicyclic) bond motifs is 2. The minimum atomic E-state index is -0.689. The molecule has 1 aromatic heterocycles. The number of amides is 1. The molecular weight excluding hydrogens is 352 g/mol. The van der Waals surface area contributed by atoms with Gasteiger partial charge in [-0.25, -0.2) is 5.43 Å². The van der Waals surface area contributed by atoms with Crippen LogP contribution in [-0.2, 0) is 11.2 Å². The second-order valence-corrected chi connectivity index (χ2v) is 6.85. The van der Waals surface area contributed by atoms with Gasteiger partial charge in [-0.15, -0.1) is 0 Å². The lowest BCUT2D eigenvalue weighted by Gasteiger charge is -2.22. The summed E-state index contributed by atoms with van der Waals surface area (Å²) in [6, 6.07) is 15.1. The van der Waals surface area contributed by atoms with Crippen LogP contribution < -0.4 is 15.9 Å². The van der Waals surface area contributed by atoms with Crippen LogP contribution in [0.15, 0.2) is 65.4 Å². The molecule has 28 heavy (non-hydrogen) atoms. The zero-order valence-electron chi connectivity index (χ0n) is 15.6. The van der Waals surface area contributed by atoms with Gasteiger partial charge in [-0.1, -0.05) is 36.4 Å². The van der Waals surface area contributed by atoms with Gasteiger partial charge < -0.3 is 15.5 Å². The first-order valence-corrected chi connectivity index (χ1v) is 9.22. The quantitative estimate of drug-likeness (QED) is 0.473. The first-order valence-electron chi connectivity index (χ1n) is 9.22. The van der Waals surface area contributed by atoms with E-state index in [0.717, 1.165) is 33.4 Å². The molecule has 0 aliphatic carbocycles. The molecule has 0 bridgehead atoms. The Hall–Kier alpha value is -3.38. The van der Waals surface area contributed by atoms with Gasteiger partial charge in [0.25, 0.3) is 5.91 Å². The Morgan fingerprint density at radius 1 is 1.29 bits per heavy atom. The molecule has 0 saturated carbocycles. The minimum absolute atomic E-state index is 0.143. The number of rotatable bonds is 5. The highest BCUT2D eigenvalue weighted by Gasteiger charge is 2.18. The van der Waals surface area contributed by atoms with Gasteiger partial charge in [-0.05, 0) is 37.1 Å². The molecule has 2 aromatic carbocycles. The van der Waals surface area contributed by atoms with Gasteiger partial charge in [-0.2, -0.15) is 5.10 Å². The molecular formula is C22H22N4O2. The van der Waals surface area contributed by atoms with Crippen LogP contribution in [0.25, 0.3) is 17.0 Å². The summed E-state index contributed by atoms with van der Waals surface area (Å²) in [5.74, 6) is 0.517. The lowest BCUT2D eigenvalue weighted by molar-refractivity contribution is -0.122. The number of carbonyl (C=O) groups excluding carboxylic acids is 1. The second kappa shape index (κ2) is 7.70. The number of aromatic nitrogens is 1. The molecule has 1 aliphatic heterocycles. The highest BCUT2D eigenvalue weighted by molar-refractivity contribution is 5.90. The zero-order valence-corrected chi connectivity index (χ0v) is 15.6. The van der Waals surface area contributed by atoms with E-state index in [1.165, 1.54) is 0 Å². The summed E-state index contributed by atoms with van der Waals surface area (Å²) in [6.07, 6.45) is 5.79. The number of hydrogen-bond acceptors (Lipinski definition) is 4. The van der Waals surface area contributed by atoms with Crippen molar-refractivity contribution in [2.75, 3.05) is 0 Å². The van der Waals surface area contributed by atoms with Crippen LogP contribution in [-0.4, -0.2) is 29.3 Å². The van der Waals surface area contributed by atoms with Gasteiger partial charge in [0.15, 0.2) is 0 Å². The molecule has 0 unspecified atom stereocenters. The lowest BCUT2D eigenvalue weighted by Crippen LogP contribution is -2.40. The van der Waals surface area contributed by atoms with Gasteiger partial charge in [-0.3, -0.25) is 4.79 Å². The molecule has 2 atom stereocenters.